The topological polar surface area (TPSA) is 76.3 Å². The second-order valence-electron chi connectivity index (χ2n) is 2.09. The molecule has 0 fully saturated rings. The summed E-state index contributed by atoms with van der Waals surface area (Å²) in [5.74, 6) is -0.331. The number of aromatic nitrogens is 1. The van der Waals surface area contributed by atoms with Gasteiger partial charge in [0.1, 0.15) is 0 Å². The third-order valence-corrected chi connectivity index (χ3v) is 1.26. The minimum atomic E-state index is -0.559. The van der Waals surface area contributed by atoms with Crippen LogP contribution in [-0.4, -0.2) is 15.0 Å². The molecular formula is C6H6N2O3. The van der Waals surface area contributed by atoms with Gasteiger partial charge in [-0.3, -0.25) is 10.1 Å². The van der Waals surface area contributed by atoms with Gasteiger partial charge < -0.3 is 5.11 Å². The Labute approximate surface area is 62.5 Å². The average molecular weight is 154 g/mol. The molecule has 0 saturated heterocycles. The highest BCUT2D eigenvalue weighted by Crippen LogP contribution is 2.19. The first-order chi connectivity index (χ1) is 5.11. The van der Waals surface area contributed by atoms with Gasteiger partial charge in [-0.25, -0.2) is 4.98 Å². The van der Waals surface area contributed by atoms with E-state index in [1.807, 2.05) is 0 Å². The minimum absolute atomic E-state index is 0.113. The Kier molecular flexibility index (Phi) is 1.72. The predicted octanol–water partition coefficient (Wildman–Crippen LogP) is 1.00. The van der Waals surface area contributed by atoms with Gasteiger partial charge in [-0.05, 0) is 6.92 Å². The van der Waals surface area contributed by atoms with Crippen LogP contribution in [0.25, 0.3) is 0 Å². The van der Waals surface area contributed by atoms with Crippen LogP contribution in [0.15, 0.2) is 12.3 Å². The summed E-state index contributed by atoms with van der Waals surface area (Å²) in [7, 11) is 0. The smallest absolute Gasteiger partial charge is 0.279 e. The zero-order chi connectivity index (χ0) is 8.43. The van der Waals surface area contributed by atoms with E-state index in [9.17, 15) is 10.1 Å². The van der Waals surface area contributed by atoms with Crippen LogP contribution in [0, 0.1) is 17.0 Å². The number of aromatic hydroxyl groups is 1. The molecule has 5 nitrogen and oxygen atoms in total. The highest BCUT2D eigenvalue weighted by atomic mass is 16.6. The number of nitrogens with zero attached hydrogens (tertiary/aromatic N) is 2. The van der Waals surface area contributed by atoms with E-state index >= 15 is 0 Å². The largest absolute Gasteiger partial charge is 0.493 e. The zero-order valence-corrected chi connectivity index (χ0v) is 5.81. The first-order valence-electron chi connectivity index (χ1n) is 2.91. The summed E-state index contributed by atoms with van der Waals surface area (Å²) < 4.78 is 0. The van der Waals surface area contributed by atoms with Crippen LogP contribution < -0.4 is 0 Å². The van der Waals surface area contributed by atoms with Crippen molar-refractivity contribution in [3.05, 3.63) is 27.9 Å². The van der Waals surface area contributed by atoms with E-state index in [0.717, 1.165) is 6.07 Å². The van der Waals surface area contributed by atoms with Crippen LogP contribution in [0.2, 0.25) is 0 Å². The maximum absolute atomic E-state index is 10.2. The molecule has 0 spiro atoms. The maximum atomic E-state index is 10.2. The molecule has 58 valence electrons. The molecule has 1 aromatic rings. The van der Waals surface area contributed by atoms with Crippen molar-refractivity contribution in [1.82, 2.24) is 4.98 Å². The Morgan fingerprint density at radius 1 is 1.73 bits per heavy atom. The van der Waals surface area contributed by atoms with Gasteiger partial charge in [-0.1, -0.05) is 0 Å². The Morgan fingerprint density at radius 2 is 2.36 bits per heavy atom. The van der Waals surface area contributed by atoms with E-state index < -0.39 is 4.92 Å². The number of aryl methyl sites for hydroxylation is 1. The summed E-state index contributed by atoms with van der Waals surface area (Å²) in [6.07, 6.45) is 1.26. The fourth-order valence-electron chi connectivity index (χ4n) is 0.699. The standard InChI is InChI=1S/C6H6N2O3/c1-4-3-7-6(9)2-5(4)8(10)11/h2-3H,1H3,(H,7,9). The summed E-state index contributed by atoms with van der Waals surface area (Å²) in [5, 5.41) is 19.0. The van der Waals surface area contributed by atoms with Crippen molar-refractivity contribution in [3.8, 4) is 5.88 Å². The summed E-state index contributed by atoms with van der Waals surface area (Å²) in [5.41, 5.74) is 0.324. The van der Waals surface area contributed by atoms with Gasteiger partial charge in [0, 0.05) is 11.8 Å². The molecule has 5 heteroatoms. The molecule has 0 aliphatic heterocycles. The second kappa shape index (κ2) is 2.53. The molecule has 1 heterocycles. The molecule has 0 bridgehead atoms. The van der Waals surface area contributed by atoms with Crippen LogP contribution >= 0.6 is 0 Å². The van der Waals surface area contributed by atoms with Crippen LogP contribution in [0.1, 0.15) is 5.56 Å². The molecular weight excluding hydrogens is 148 g/mol. The van der Waals surface area contributed by atoms with Crippen LogP contribution in [0.4, 0.5) is 5.69 Å². The van der Waals surface area contributed by atoms with Crippen molar-refractivity contribution in [2.75, 3.05) is 0 Å². The van der Waals surface area contributed by atoms with Gasteiger partial charge in [0.2, 0.25) is 5.88 Å². The molecule has 0 saturated carbocycles. The highest BCUT2D eigenvalue weighted by Gasteiger charge is 2.10. The quantitative estimate of drug-likeness (QED) is 0.483. The van der Waals surface area contributed by atoms with Crippen molar-refractivity contribution < 1.29 is 10.0 Å². The van der Waals surface area contributed by atoms with E-state index in [0.29, 0.717) is 5.56 Å². The molecule has 0 radical (unpaired) electrons. The van der Waals surface area contributed by atoms with Crippen LogP contribution in [0.3, 0.4) is 0 Å². The Hall–Kier alpha value is -1.65. The number of rotatable bonds is 1. The van der Waals surface area contributed by atoms with E-state index in [-0.39, 0.29) is 11.6 Å². The Balaban J connectivity index is 3.23. The van der Waals surface area contributed by atoms with Gasteiger partial charge >= 0.3 is 0 Å². The molecule has 0 unspecified atom stereocenters. The molecule has 1 rings (SSSR count). The SMILES string of the molecule is Cc1cnc(O)cc1[N+](=O)[O-]. The summed E-state index contributed by atoms with van der Waals surface area (Å²) in [6.45, 7) is 1.56. The molecule has 0 aromatic carbocycles. The van der Waals surface area contributed by atoms with E-state index in [1.165, 1.54) is 6.20 Å². The van der Waals surface area contributed by atoms with Crippen molar-refractivity contribution in [3.63, 3.8) is 0 Å². The first-order valence-corrected chi connectivity index (χ1v) is 2.91. The predicted molar refractivity (Wildman–Crippen MR) is 37.3 cm³/mol. The lowest BCUT2D eigenvalue weighted by atomic mass is 10.3. The minimum Gasteiger partial charge on any atom is -0.493 e. The van der Waals surface area contributed by atoms with Gasteiger partial charge in [-0.15, -0.1) is 0 Å². The van der Waals surface area contributed by atoms with E-state index in [2.05, 4.69) is 4.98 Å². The van der Waals surface area contributed by atoms with Crippen LogP contribution in [-0.2, 0) is 0 Å². The number of pyridine rings is 1. The molecule has 0 aliphatic carbocycles. The monoisotopic (exact) mass is 154 g/mol. The maximum Gasteiger partial charge on any atom is 0.279 e. The van der Waals surface area contributed by atoms with Crippen molar-refractivity contribution in [1.29, 1.82) is 0 Å². The summed E-state index contributed by atoms with van der Waals surface area (Å²) >= 11 is 0. The zero-order valence-electron chi connectivity index (χ0n) is 5.81. The fraction of sp³-hybridized carbons (Fsp3) is 0.167. The van der Waals surface area contributed by atoms with Gasteiger partial charge in [0.25, 0.3) is 5.69 Å². The van der Waals surface area contributed by atoms with E-state index in [4.69, 9.17) is 5.11 Å². The molecule has 11 heavy (non-hydrogen) atoms. The summed E-state index contributed by atoms with van der Waals surface area (Å²) in [6, 6.07) is 1.02. The van der Waals surface area contributed by atoms with Crippen molar-refractivity contribution >= 4 is 5.69 Å². The fourth-order valence-corrected chi connectivity index (χ4v) is 0.699. The molecule has 0 aliphatic rings. The lowest BCUT2D eigenvalue weighted by Crippen LogP contribution is -1.91. The Morgan fingerprint density at radius 3 is 2.82 bits per heavy atom. The first kappa shape index (κ1) is 7.46. The third kappa shape index (κ3) is 1.43. The normalized spacial score (nSPS) is 9.55. The second-order valence-corrected chi connectivity index (χ2v) is 2.09. The van der Waals surface area contributed by atoms with Gasteiger partial charge in [-0.2, -0.15) is 0 Å². The van der Waals surface area contributed by atoms with Crippen molar-refractivity contribution in [2.45, 2.75) is 6.92 Å². The summed E-state index contributed by atoms with van der Waals surface area (Å²) in [4.78, 5) is 13.2. The molecule has 1 aromatic heterocycles. The molecule has 0 atom stereocenters. The Bertz CT molecular complexity index is 298. The van der Waals surface area contributed by atoms with Gasteiger partial charge in [0.15, 0.2) is 0 Å². The lowest BCUT2D eigenvalue weighted by molar-refractivity contribution is -0.385. The molecule has 0 amide bonds. The number of hydrogen-bond donors (Lipinski definition) is 1. The lowest BCUT2D eigenvalue weighted by Gasteiger charge is -1.94. The number of nitro groups is 1. The number of hydrogen-bond acceptors (Lipinski definition) is 4. The van der Waals surface area contributed by atoms with Crippen LogP contribution in [0.5, 0.6) is 5.88 Å². The van der Waals surface area contributed by atoms with Crippen molar-refractivity contribution in [2.24, 2.45) is 0 Å². The third-order valence-electron chi connectivity index (χ3n) is 1.26. The highest BCUT2D eigenvalue weighted by molar-refractivity contribution is 5.40. The van der Waals surface area contributed by atoms with Gasteiger partial charge in [0.05, 0.1) is 11.0 Å². The average Bonchev–Trinajstić information content (AvgIpc) is 1.94. The molecule has 1 N–H and O–H groups in total. The van der Waals surface area contributed by atoms with E-state index in [1.54, 1.807) is 6.92 Å².